The maximum absolute atomic E-state index is 13.2. The zero-order chi connectivity index (χ0) is 24.1. The average Bonchev–Trinajstić information content (AvgIpc) is 2.80. The van der Waals surface area contributed by atoms with Gasteiger partial charge in [-0.25, -0.2) is 4.79 Å². The van der Waals surface area contributed by atoms with Gasteiger partial charge in [0.25, 0.3) is 0 Å². The lowest BCUT2D eigenvalue weighted by atomic mass is 9.97. The minimum Gasteiger partial charge on any atom is -0.373 e. The van der Waals surface area contributed by atoms with Gasteiger partial charge < -0.3 is 20.3 Å². The number of piperidine rings is 1. The Labute approximate surface area is 202 Å². The third-order valence-corrected chi connectivity index (χ3v) is 6.51. The van der Waals surface area contributed by atoms with Crippen LogP contribution < -0.4 is 10.6 Å². The van der Waals surface area contributed by atoms with Gasteiger partial charge in [-0.15, -0.1) is 0 Å². The van der Waals surface area contributed by atoms with E-state index in [1.54, 1.807) is 4.90 Å². The lowest BCUT2D eigenvalue weighted by Gasteiger charge is -2.35. The lowest BCUT2D eigenvalue weighted by Crippen LogP contribution is -2.46. The first-order chi connectivity index (χ1) is 16.4. The van der Waals surface area contributed by atoms with E-state index in [1.807, 2.05) is 49.4 Å². The molecule has 2 fully saturated rings. The van der Waals surface area contributed by atoms with Gasteiger partial charge in [-0.3, -0.25) is 9.69 Å². The molecule has 3 atom stereocenters. The molecular formula is C27H36N4O3. The maximum atomic E-state index is 13.2. The molecule has 34 heavy (non-hydrogen) atoms. The number of anilines is 2. The maximum Gasteiger partial charge on any atom is 0.321 e. The minimum atomic E-state index is -0.228. The van der Waals surface area contributed by atoms with Crippen LogP contribution in [0.1, 0.15) is 37.8 Å². The number of aryl methyl sites for hydroxylation is 1. The highest BCUT2D eigenvalue weighted by molar-refractivity contribution is 5.94. The summed E-state index contributed by atoms with van der Waals surface area (Å²) < 4.78 is 5.85. The average molecular weight is 465 g/mol. The molecule has 7 nitrogen and oxygen atoms in total. The number of amides is 3. The predicted molar refractivity (Wildman–Crippen MR) is 135 cm³/mol. The van der Waals surface area contributed by atoms with E-state index in [0.29, 0.717) is 13.1 Å². The number of hydrogen-bond donors (Lipinski definition) is 2. The van der Waals surface area contributed by atoms with Crippen molar-refractivity contribution in [1.29, 1.82) is 0 Å². The summed E-state index contributed by atoms with van der Waals surface area (Å²) in [6.07, 6.45) is 1.99. The fourth-order valence-corrected chi connectivity index (χ4v) is 4.97. The second kappa shape index (κ2) is 11.0. The van der Waals surface area contributed by atoms with Crippen molar-refractivity contribution in [2.45, 2.75) is 52.4 Å². The van der Waals surface area contributed by atoms with Crippen molar-refractivity contribution in [1.82, 2.24) is 9.80 Å². The molecule has 2 N–H and O–H groups in total. The van der Waals surface area contributed by atoms with Gasteiger partial charge >= 0.3 is 6.03 Å². The van der Waals surface area contributed by atoms with Gasteiger partial charge in [0.15, 0.2) is 0 Å². The van der Waals surface area contributed by atoms with Crippen molar-refractivity contribution in [2.75, 3.05) is 36.8 Å². The van der Waals surface area contributed by atoms with Crippen LogP contribution in [0.5, 0.6) is 0 Å². The highest BCUT2D eigenvalue weighted by Crippen LogP contribution is 2.24. The van der Waals surface area contributed by atoms with Crippen molar-refractivity contribution < 1.29 is 14.3 Å². The number of likely N-dealkylation sites (tertiary alicyclic amines) is 1. The third kappa shape index (κ3) is 6.36. The smallest absolute Gasteiger partial charge is 0.321 e. The highest BCUT2D eigenvalue weighted by atomic mass is 16.5. The van der Waals surface area contributed by atoms with Crippen molar-refractivity contribution in [3.05, 3.63) is 59.7 Å². The van der Waals surface area contributed by atoms with Crippen molar-refractivity contribution in [2.24, 2.45) is 5.92 Å². The molecule has 2 heterocycles. The van der Waals surface area contributed by atoms with Crippen LogP contribution in [0.15, 0.2) is 48.5 Å². The number of nitrogens with one attached hydrogen (secondary N) is 2. The number of ether oxygens (including phenoxy) is 1. The van der Waals surface area contributed by atoms with Gasteiger partial charge in [-0.1, -0.05) is 30.3 Å². The van der Waals surface area contributed by atoms with Gasteiger partial charge in [0, 0.05) is 44.1 Å². The van der Waals surface area contributed by atoms with E-state index in [2.05, 4.69) is 35.4 Å². The number of carbonyl (C=O) groups is 2. The molecule has 3 unspecified atom stereocenters. The molecule has 0 aliphatic carbocycles. The Kier molecular flexibility index (Phi) is 7.85. The summed E-state index contributed by atoms with van der Waals surface area (Å²) in [6.45, 7) is 9.79. The fraction of sp³-hybridized carbons (Fsp3) is 0.481. The summed E-state index contributed by atoms with van der Waals surface area (Å²) in [5, 5.41) is 6.12. The molecule has 2 aromatic carbocycles. The van der Waals surface area contributed by atoms with E-state index in [0.717, 1.165) is 55.0 Å². The standard InChI is InChI=1S/C27H36N4O3/c1-19-8-6-11-24(14-19)28-27(33)31-13-7-10-23(18-31)26(32)29-25-12-5-4-9-22(25)17-30-15-20(2)34-21(3)16-30/h4-6,8-9,11-12,14,20-21,23H,7,10,13,15-18H2,1-3H3,(H,28,33)(H,29,32). The molecule has 3 amide bonds. The van der Waals surface area contributed by atoms with E-state index in [4.69, 9.17) is 4.74 Å². The Hall–Kier alpha value is -2.90. The number of nitrogens with zero attached hydrogens (tertiary/aromatic N) is 2. The second-order valence-corrected chi connectivity index (χ2v) is 9.68. The number of morpholine rings is 1. The van der Waals surface area contributed by atoms with Crippen LogP contribution in [0, 0.1) is 12.8 Å². The summed E-state index contributed by atoms with van der Waals surface area (Å²) in [4.78, 5) is 30.1. The van der Waals surface area contributed by atoms with E-state index in [1.165, 1.54) is 0 Å². The Balaban J connectivity index is 1.36. The zero-order valence-corrected chi connectivity index (χ0v) is 20.4. The van der Waals surface area contributed by atoms with Crippen molar-refractivity contribution in [3.8, 4) is 0 Å². The van der Waals surface area contributed by atoms with Gasteiger partial charge in [0.2, 0.25) is 5.91 Å². The topological polar surface area (TPSA) is 73.9 Å². The van der Waals surface area contributed by atoms with Crippen LogP contribution in [0.3, 0.4) is 0 Å². The quantitative estimate of drug-likeness (QED) is 0.684. The predicted octanol–water partition coefficient (Wildman–Crippen LogP) is 4.49. The number of urea groups is 1. The van der Waals surface area contributed by atoms with Crippen LogP contribution in [0.4, 0.5) is 16.2 Å². The Bertz CT molecular complexity index is 1000. The summed E-state index contributed by atoms with van der Waals surface area (Å²) in [5.74, 6) is -0.252. The van der Waals surface area contributed by atoms with Gasteiger partial charge in [0.05, 0.1) is 18.1 Å². The Morgan fingerprint density at radius 2 is 1.76 bits per heavy atom. The van der Waals surface area contributed by atoms with Crippen molar-refractivity contribution in [3.63, 3.8) is 0 Å². The highest BCUT2D eigenvalue weighted by Gasteiger charge is 2.29. The van der Waals surface area contributed by atoms with E-state index in [-0.39, 0.29) is 30.1 Å². The van der Waals surface area contributed by atoms with E-state index < -0.39 is 0 Å². The number of para-hydroxylation sites is 1. The van der Waals surface area contributed by atoms with Gasteiger partial charge in [-0.05, 0) is 62.9 Å². The van der Waals surface area contributed by atoms with Crippen LogP contribution in [-0.2, 0) is 16.1 Å². The molecule has 2 saturated heterocycles. The monoisotopic (exact) mass is 464 g/mol. The first kappa shape index (κ1) is 24.2. The number of hydrogen-bond acceptors (Lipinski definition) is 4. The van der Waals surface area contributed by atoms with Crippen LogP contribution in [0.2, 0.25) is 0 Å². The minimum absolute atomic E-state index is 0.0239. The van der Waals surface area contributed by atoms with Crippen LogP contribution in [-0.4, -0.2) is 60.1 Å². The lowest BCUT2D eigenvalue weighted by molar-refractivity contribution is -0.121. The summed E-state index contributed by atoms with van der Waals surface area (Å²) >= 11 is 0. The molecule has 2 aliphatic rings. The zero-order valence-electron chi connectivity index (χ0n) is 20.4. The summed E-state index contributed by atoms with van der Waals surface area (Å²) in [6, 6.07) is 15.6. The second-order valence-electron chi connectivity index (χ2n) is 9.68. The third-order valence-electron chi connectivity index (χ3n) is 6.51. The first-order valence-corrected chi connectivity index (χ1v) is 12.3. The Morgan fingerprint density at radius 3 is 2.53 bits per heavy atom. The van der Waals surface area contributed by atoms with E-state index in [9.17, 15) is 9.59 Å². The largest absolute Gasteiger partial charge is 0.373 e. The number of benzene rings is 2. The molecule has 2 aliphatic heterocycles. The van der Waals surface area contributed by atoms with Crippen LogP contribution in [0.25, 0.3) is 0 Å². The normalized spacial score (nSPS) is 23.4. The van der Waals surface area contributed by atoms with Crippen LogP contribution >= 0.6 is 0 Å². The molecule has 0 aromatic heterocycles. The fourth-order valence-electron chi connectivity index (χ4n) is 4.97. The SMILES string of the molecule is Cc1cccc(NC(=O)N2CCCC(C(=O)Nc3ccccc3CN3CC(C)OC(C)C3)C2)c1. The molecule has 2 aromatic rings. The Morgan fingerprint density at radius 1 is 1.00 bits per heavy atom. The van der Waals surface area contributed by atoms with Gasteiger partial charge in [-0.2, -0.15) is 0 Å². The molecule has 0 saturated carbocycles. The summed E-state index contributed by atoms with van der Waals surface area (Å²) in [5.41, 5.74) is 3.81. The summed E-state index contributed by atoms with van der Waals surface area (Å²) in [7, 11) is 0. The van der Waals surface area contributed by atoms with Gasteiger partial charge in [0.1, 0.15) is 0 Å². The first-order valence-electron chi connectivity index (χ1n) is 12.3. The molecule has 7 heteroatoms. The molecule has 182 valence electrons. The molecule has 0 radical (unpaired) electrons. The molecule has 0 spiro atoms. The number of rotatable bonds is 5. The number of carbonyl (C=O) groups excluding carboxylic acids is 2. The van der Waals surface area contributed by atoms with E-state index >= 15 is 0 Å². The molecular weight excluding hydrogens is 428 g/mol. The molecule has 0 bridgehead atoms. The molecule has 4 rings (SSSR count). The van der Waals surface area contributed by atoms with Crippen molar-refractivity contribution >= 4 is 23.3 Å².